The fourth-order valence-electron chi connectivity index (χ4n) is 2.04. The molecule has 0 fully saturated rings. The second kappa shape index (κ2) is 7.00. The van der Waals surface area contributed by atoms with E-state index in [1.165, 1.54) is 0 Å². The topological polar surface area (TPSA) is 47.8 Å². The molecule has 0 aliphatic heterocycles. The fraction of sp³-hybridized carbons (Fsp3) is 0.615. The highest BCUT2D eigenvalue weighted by atomic mass is 32.1. The fourth-order valence-corrected chi connectivity index (χ4v) is 2.76. The minimum Gasteiger partial charge on any atom is -0.351 e. The van der Waals surface area contributed by atoms with Crippen molar-refractivity contribution >= 4 is 16.3 Å². The zero-order valence-corrected chi connectivity index (χ0v) is 12.4. The van der Waals surface area contributed by atoms with Crippen LogP contribution in [0, 0.1) is 0 Å². The van der Waals surface area contributed by atoms with Crippen LogP contribution in [0.15, 0.2) is 17.8 Å². The van der Waals surface area contributed by atoms with Crippen LogP contribution < -0.4 is 5.32 Å². The molecular weight excluding hydrogens is 262 g/mol. The number of fused-ring (bicyclic) bond motifs is 1. The highest BCUT2D eigenvalue weighted by Crippen LogP contribution is 2.14. The molecule has 2 aromatic heterocycles. The average molecular weight is 283 g/mol. The number of nitrogens with zero attached hydrogens (tertiary/aromatic N) is 2. The van der Waals surface area contributed by atoms with Crippen molar-refractivity contribution in [2.75, 3.05) is 20.3 Å². The zero-order chi connectivity index (χ0) is 13.7. The van der Waals surface area contributed by atoms with Crippen molar-refractivity contribution in [1.29, 1.82) is 0 Å². The highest BCUT2D eigenvalue weighted by molar-refractivity contribution is 7.15. The number of hydrogen-bond donors (Lipinski definition) is 1. The van der Waals surface area contributed by atoms with Crippen LogP contribution in [0.4, 0.5) is 0 Å². The number of aromatic nitrogens is 2. The van der Waals surface area contributed by atoms with Crippen LogP contribution in [0.3, 0.4) is 0 Å². The summed E-state index contributed by atoms with van der Waals surface area (Å²) in [4.78, 5) is 5.62. The van der Waals surface area contributed by atoms with E-state index in [9.17, 15) is 0 Å². The molecule has 2 aromatic rings. The molecule has 2 heterocycles. The molecule has 0 amide bonds. The Morgan fingerprint density at radius 3 is 2.68 bits per heavy atom. The number of ether oxygens (including phenoxy) is 2. The molecule has 0 saturated heterocycles. The number of nitrogens with one attached hydrogen (secondary N) is 1. The average Bonchev–Trinajstić information content (AvgIpc) is 2.96. The van der Waals surface area contributed by atoms with Gasteiger partial charge in [0.15, 0.2) is 11.3 Å². The third kappa shape index (κ3) is 3.54. The summed E-state index contributed by atoms with van der Waals surface area (Å²) in [6, 6.07) is 0.101. The summed E-state index contributed by atoms with van der Waals surface area (Å²) in [5, 5.41) is 5.29. The molecule has 0 bridgehead atoms. The van der Waals surface area contributed by atoms with Crippen LogP contribution in [0.2, 0.25) is 0 Å². The monoisotopic (exact) mass is 283 g/mol. The number of rotatable bonds is 8. The third-order valence-electron chi connectivity index (χ3n) is 2.93. The molecule has 0 radical (unpaired) electrons. The minimum absolute atomic E-state index is 0.101. The molecule has 1 unspecified atom stereocenters. The molecule has 19 heavy (non-hydrogen) atoms. The van der Waals surface area contributed by atoms with Crippen molar-refractivity contribution in [1.82, 2.24) is 14.7 Å². The van der Waals surface area contributed by atoms with Gasteiger partial charge in [0.2, 0.25) is 0 Å². The lowest BCUT2D eigenvalue weighted by Gasteiger charge is -2.25. The Bertz CT molecular complexity index is 462. The molecule has 0 aromatic carbocycles. The number of thiazole rings is 1. The maximum absolute atomic E-state index is 5.65. The summed E-state index contributed by atoms with van der Waals surface area (Å²) in [6.07, 6.45) is 4.63. The van der Waals surface area contributed by atoms with E-state index in [1.807, 2.05) is 36.9 Å². The predicted molar refractivity (Wildman–Crippen MR) is 76.7 cm³/mol. The molecule has 1 atom stereocenters. The van der Waals surface area contributed by atoms with Crippen molar-refractivity contribution < 1.29 is 9.47 Å². The molecular formula is C13H21N3O2S. The third-order valence-corrected chi connectivity index (χ3v) is 3.70. The van der Waals surface area contributed by atoms with E-state index in [4.69, 9.17) is 9.47 Å². The summed E-state index contributed by atoms with van der Waals surface area (Å²) in [6.45, 7) is 5.24. The maximum Gasteiger partial charge on any atom is 0.193 e. The first kappa shape index (κ1) is 14.5. The molecule has 2 rings (SSSR count). The van der Waals surface area contributed by atoms with Crippen LogP contribution in [0.5, 0.6) is 0 Å². The van der Waals surface area contributed by atoms with E-state index in [1.54, 1.807) is 11.3 Å². The molecule has 0 spiro atoms. The Kier molecular flexibility index (Phi) is 5.33. The molecule has 1 N–H and O–H groups in total. The minimum atomic E-state index is -0.236. The second-order valence-electron chi connectivity index (χ2n) is 4.20. The lowest BCUT2D eigenvalue weighted by atomic mass is 10.1. The molecule has 0 saturated carbocycles. The van der Waals surface area contributed by atoms with Gasteiger partial charge in [-0.05, 0) is 20.9 Å². The smallest absolute Gasteiger partial charge is 0.193 e. The standard InChI is InChI=1S/C13H21N3O2S/c1-4-17-12(18-5-2)11(14-3)8-10-9-16-6-7-19-13(16)15-10/h6-7,9,11-12,14H,4-5,8H2,1-3H3. The Morgan fingerprint density at radius 2 is 2.11 bits per heavy atom. The van der Waals surface area contributed by atoms with Gasteiger partial charge in [-0.15, -0.1) is 11.3 Å². The lowest BCUT2D eigenvalue weighted by Crippen LogP contribution is -2.43. The van der Waals surface area contributed by atoms with E-state index in [-0.39, 0.29) is 12.3 Å². The summed E-state index contributed by atoms with van der Waals surface area (Å²) in [5.41, 5.74) is 1.05. The SMILES string of the molecule is CCOC(OCC)C(Cc1cn2ccsc2n1)NC. The van der Waals surface area contributed by atoms with E-state index in [0.29, 0.717) is 13.2 Å². The second-order valence-corrected chi connectivity index (χ2v) is 5.08. The summed E-state index contributed by atoms with van der Waals surface area (Å²) < 4.78 is 13.3. The summed E-state index contributed by atoms with van der Waals surface area (Å²) >= 11 is 1.64. The summed E-state index contributed by atoms with van der Waals surface area (Å²) in [5.74, 6) is 0. The van der Waals surface area contributed by atoms with E-state index >= 15 is 0 Å². The normalized spacial score (nSPS) is 13.5. The van der Waals surface area contributed by atoms with Gasteiger partial charge in [0, 0.05) is 37.4 Å². The van der Waals surface area contributed by atoms with E-state index in [2.05, 4.69) is 16.5 Å². The van der Waals surface area contributed by atoms with Gasteiger partial charge in [-0.3, -0.25) is 4.40 Å². The van der Waals surface area contributed by atoms with Gasteiger partial charge in [-0.25, -0.2) is 4.98 Å². The molecule has 106 valence electrons. The Balaban J connectivity index is 2.06. The Morgan fingerprint density at radius 1 is 1.37 bits per heavy atom. The first-order valence-electron chi connectivity index (χ1n) is 6.60. The van der Waals surface area contributed by atoms with E-state index < -0.39 is 0 Å². The van der Waals surface area contributed by atoms with Gasteiger partial charge in [-0.1, -0.05) is 0 Å². The van der Waals surface area contributed by atoms with Gasteiger partial charge in [-0.2, -0.15) is 0 Å². The van der Waals surface area contributed by atoms with E-state index in [0.717, 1.165) is 17.1 Å². The predicted octanol–water partition coefficient (Wildman–Crippen LogP) is 1.93. The number of likely N-dealkylation sites (N-methyl/N-ethyl adjacent to an activating group) is 1. The Labute approximate surface area is 117 Å². The van der Waals surface area contributed by atoms with Crippen LogP contribution in [-0.4, -0.2) is 42.0 Å². The van der Waals surface area contributed by atoms with Gasteiger partial charge in [0.1, 0.15) is 0 Å². The zero-order valence-electron chi connectivity index (χ0n) is 11.6. The van der Waals surface area contributed by atoms with Crippen molar-refractivity contribution in [3.8, 4) is 0 Å². The first-order chi connectivity index (χ1) is 9.28. The van der Waals surface area contributed by atoms with Crippen molar-refractivity contribution in [2.24, 2.45) is 0 Å². The maximum atomic E-state index is 5.65. The number of hydrogen-bond acceptors (Lipinski definition) is 5. The van der Waals surface area contributed by atoms with Crippen LogP contribution in [-0.2, 0) is 15.9 Å². The molecule has 0 aliphatic rings. The van der Waals surface area contributed by atoms with Gasteiger partial charge >= 0.3 is 0 Å². The summed E-state index contributed by atoms with van der Waals surface area (Å²) in [7, 11) is 1.92. The largest absolute Gasteiger partial charge is 0.351 e. The van der Waals surface area contributed by atoms with Crippen molar-refractivity contribution in [3.05, 3.63) is 23.5 Å². The lowest BCUT2D eigenvalue weighted by molar-refractivity contribution is -0.152. The van der Waals surface area contributed by atoms with Crippen molar-refractivity contribution in [2.45, 2.75) is 32.6 Å². The number of imidazole rings is 1. The molecule has 6 heteroatoms. The van der Waals surface area contributed by atoms with Crippen LogP contribution in [0.1, 0.15) is 19.5 Å². The van der Waals surface area contributed by atoms with Gasteiger partial charge < -0.3 is 14.8 Å². The van der Waals surface area contributed by atoms with Gasteiger partial charge in [0.25, 0.3) is 0 Å². The van der Waals surface area contributed by atoms with Crippen LogP contribution in [0.25, 0.3) is 4.96 Å². The quantitative estimate of drug-likeness (QED) is 0.752. The Hall–Kier alpha value is -0.950. The first-order valence-corrected chi connectivity index (χ1v) is 7.48. The van der Waals surface area contributed by atoms with Gasteiger partial charge in [0.05, 0.1) is 11.7 Å². The molecule has 5 nitrogen and oxygen atoms in total. The van der Waals surface area contributed by atoms with Crippen molar-refractivity contribution in [3.63, 3.8) is 0 Å². The highest BCUT2D eigenvalue weighted by Gasteiger charge is 2.22. The van der Waals surface area contributed by atoms with Crippen LogP contribution >= 0.6 is 11.3 Å². The molecule has 0 aliphatic carbocycles.